The number of nitrogens with one attached hydrogen (secondary N) is 1. The Labute approximate surface area is 255 Å². The second-order valence-electron chi connectivity index (χ2n) is 11.9. The van der Waals surface area contributed by atoms with Crippen LogP contribution in [-0.4, -0.2) is 171 Å². The molecule has 1 aliphatic carbocycles. The van der Waals surface area contributed by atoms with Gasteiger partial charge in [0.1, 0.15) is 36.6 Å². The molecule has 44 heavy (non-hydrogen) atoms. The van der Waals surface area contributed by atoms with Gasteiger partial charge in [-0.15, -0.1) is 0 Å². The maximum absolute atomic E-state index is 12.8. The zero-order valence-electron chi connectivity index (χ0n) is 24.5. The van der Waals surface area contributed by atoms with Crippen molar-refractivity contribution in [2.75, 3.05) is 32.8 Å². The van der Waals surface area contributed by atoms with Gasteiger partial charge in [0.25, 0.3) is 0 Å². The van der Waals surface area contributed by atoms with Gasteiger partial charge < -0.3 is 88.1 Å². The van der Waals surface area contributed by atoms with Gasteiger partial charge in [-0.05, 0) is 31.7 Å². The van der Waals surface area contributed by atoms with Crippen LogP contribution < -0.4 is 28.3 Å². The first-order valence-electron chi connectivity index (χ1n) is 14.9. The number of Topliss-reactive ketones (excluding diaryl/α,β-unsaturated/α-hetero) is 1. The summed E-state index contributed by atoms with van der Waals surface area (Å²) in [5.41, 5.74) is 24.0. The van der Waals surface area contributed by atoms with Gasteiger partial charge >= 0.3 is 0 Å². The number of hydrogen-bond acceptors (Lipinski definition) is 18. The fourth-order valence-corrected chi connectivity index (χ4v) is 5.84. The van der Waals surface area contributed by atoms with Crippen LogP contribution in [0.4, 0.5) is 0 Å². The Balaban J connectivity index is 1.79. The van der Waals surface area contributed by atoms with Crippen LogP contribution >= 0.6 is 0 Å². The monoisotopic (exact) mass is 641 g/mol. The van der Waals surface area contributed by atoms with Gasteiger partial charge in [-0.25, -0.2) is 0 Å². The lowest BCUT2D eigenvalue weighted by Crippen LogP contribution is -2.66. The molecule has 0 amide bonds. The number of aliphatic hydroxyl groups is 8. The molecule has 0 aromatic carbocycles. The first kappa shape index (κ1) is 37.4. The minimum atomic E-state index is -1.58. The van der Waals surface area contributed by atoms with Gasteiger partial charge in [-0.1, -0.05) is 0 Å². The van der Waals surface area contributed by atoms with E-state index in [-0.39, 0.29) is 45.3 Å². The highest BCUT2D eigenvalue weighted by molar-refractivity contribution is 5.83. The van der Waals surface area contributed by atoms with E-state index in [1.165, 1.54) is 0 Å². The molecule has 3 fully saturated rings. The van der Waals surface area contributed by atoms with Crippen LogP contribution in [0.2, 0.25) is 0 Å². The fraction of sp³-hybridized carbons (Fsp3) is 0.962. The Bertz CT molecular complexity index is 880. The van der Waals surface area contributed by atoms with Crippen molar-refractivity contribution in [2.45, 2.75) is 117 Å². The van der Waals surface area contributed by atoms with E-state index in [2.05, 4.69) is 5.32 Å². The van der Waals surface area contributed by atoms with Gasteiger partial charge in [0.2, 0.25) is 0 Å². The lowest BCUT2D eigenvalue weighted by molar-refractivity contribution is -0.320. The van der Waals surface area contributed by atoms with Crippen LogP contribution in [0.5, 0.6) is 0 Å². The number of rotatable bonds is 15. The van der Waals surface area contributed by atoms with Gasteiger partial charge in [0.15, 0.2) is 18.4 Å². The van der Waals surface area contributed by atoms with Crippen LogP contribution in [0.25, 0.3) is 0 Å². The quantitative estimate of drug-likeness (QED) is 0.0789. The highest BCUT2D eigenvalue weighted by Gasteiger charge is 2.51. The summed E-state index contributed by atoms with van der Waals surface area (Å²) in [6, 6.07) is -2.99. The minimum Gasteiger partial charge on any atom is -0.394 e. The zero-order valence-corrected chi connectivity index (χ0v) is 24.5. The summed E-state index contributed by atoms with van der Waals surface area (Å²) in [5, 5.41) is 84.2. The predicted molar refractivity (Wildman–Crippen MR) is 150 cm³/mol. The van der Waals surface area contributed by atoms with Crippen LogP contribution in [0, 0.1) is 5.92 Å². The van der Waals surface area contributed by atoms with E-state index >= 15 is 0 Å². The van der Waals surface area contributed by atoms with Crippen LogP contribution in [0.3, 0.4) is 0 Å². The number of carbonyl (C=O) groups excluding carboxylic acids is 1. The average molecular weight is 642 g/mol. The Morgan fingerprint density at radius 3 is 2.18 bits per heavy atom. The Morgan fingerprint density at radius 1 is 0.886 bits per heavy atom. The van der Waals surface area contributed by atoms with Crippen molar-refractivity contribution in [3.63, 3.8) is 0 Å². The predicted octanol–water partition coefficient (Wildman–Crippen LogP) is -7.35. The average Bonchev–Trinajstić information content (AvgIpc) is 2.98. The van der Waals surface area contributed by atoms with Crippen LogP contribution in [0.15, 0.2) is 0 Å². The van der Waals surface area contributed by atoms with Crippen molar-refractivity contribution in [2.24, 2.45) is 28.9 Å². The lowest BCUT2D eigenvalue weighted by atomic mass is 9.76. The summed E-state index contributed by atoms with van der Waals surface area (Å²) in [7, 11) is 0. The lowest BCUT2D eigenvalue weighted by Gasteiger charge is -2.48. The minimum absolute atomic E-state index is 0.0184. The summed E-state index contributed by atoms with van der Waals surface area (Å²) < 4.78 is 23.5. The largest absolute Gasteiger partial charge is 0.394 e. The molecule has 0 aromatic heterocycles. The molecule has 2 aliphatic heterocycles. The van der Waals surface area contributed by atoms with Gasteiger partial charge in [-0.3, -0.25) is 4.79 Å². The molecular weight excluding hydrogens is 590 g/mol. The van der Waals surface area contributed by atoms with Crippen LogP contribution in [0.1, 0.15) is 25.7 Å². The smallest absolute Gasteiger partial charge is 0.186 e. The number of hydrogen-bond donors (Lipinski definition) is 13. The molecule has 18 heteroatoms. The molecule has 17 N–H and O–H groups in total. The van der Waals surface area contributed by atoms with Crippen molar-refractivity contribution in [3.8, 4) is 0 Å². The van der Waals surface area contributed by atoms with Crippen molar-refractivity contribution in [1.82, 2.24) is 5.32 Å². The topological polar surface area (TPSA) is 332 Å². The molecule has 2 heterocycles. The fourth-order valence-electron chi connectivity index (χ4n) is 5.84. The second-order valence-corrected chi connectivity index (χ2v) is 11.9. The van der Waals surface area contributed by atoms with E-state index in [0.29, 0.717) is 0 Å². The Morgan fingerprint density at radius 2 is 1.55 bits per heavy atom. The SMILES string of the molecule is NCC[C@H](O)C(=O)C[C@@H]1C[C@H](N)[C@@H](O[C@H]2O[C@H](CNCC(O)CO)[C@@H](O)C[C@H]2N)[C@H](O)[C@H]1O[C@H]1O[C@H](CO)[C@@H](O)[C@H](N)[C@H]1O. The third kappa shape index (κ3) is 9.29. The molecule has 0 radical (unpaired) electrons. The second kappa shape index (κ2) is 17.2. The summed E-state index contributed by atoms with van der Waals surface area (Å²) in [6.45, 7) is -0.905. The van der Waals surface area contributed by atoms with E-state index in [1.54, 1.807) is 0 Å². The van der Waals surface area contributed by atoms with E-state index in [1.807, 2.05) is 0 Å². The molecule has 16 atom stereocenters. The number of aliphatic hydroxyl groups excluding tert-OH is 8. The van der Waals surface area contributed by atoms with Gasteiger partial charge in [0.05, 0.1) is 49.7 Å². The third-order valence-corrected chi connectivity index (χ3v) is 8.47. The first-order valence-corrected chi connectivity index (χ1v) is 14.9. The number of carbonyl (C=O) groups is 1. The zero-order chi connectivity index (χ0) is 32.7. The maximum Gasteiger partial charge on any atom is 0.186 e. The molecule has 0 bridgehead atoms. The summed E-state index contributed by atoms with van der Waals surface area (Å²) in [5.74, 6) is -1.37. The number of ketones is 1. The van der Waals surface area contributed by atoms with Crippen molar-refractivity contribution in [3.05, 3.63) is 0 Å². The molecule has 18 nitrogen and oxygen atoms in total. The third-order valence-electron chi connectivity index (χ3n) is 8.47. The van der Waals surface area contributed by atoms with Crippen LogP contribution in [-0.2, 0) is 23.7 Å². The molecule has 2 saturated heterocycles. The van der Waals surface area contributed by atoms with Crippen molar-refractivity contribution < 1.29 is 64.6 Å². The van der Waals surface area contributed by atoms with E-state index in [0.717, 1.165) is 0 Å². The van der Waals surface area contributed by atoms with Crippen molar-refractivity contribution in [1.29, 1.82) is 0 Å². The first-order chi connectivity index (χ1) is 20.8. The van der Waals surface area contributed by atoms with E-state index in [9.17, 15) is 40.5 Å². The highest BCUT2D eigenvalue weighted by Crippen LogP contribution is 2.36. The van der Waals surface area contributed by atoms with E-state index in [4.69, 9.17) is 47.0 Å². The van der Waals surface area contributed by atoms with Gasteiger partial charge in [-0.2, -0.15) is 0 Å². The van der Waals surface area contributed by atoms with Crippen molar-refractivity contribution >= 4 is 5.78 Å². The Kier molecular flexibility index (Phi) is 14.7. The molecule has 0 spiro atoms. The van der Waals surface area contributed by atoms with Gasteiger partial charge in [0, 0.05) is 25.6 Å². The normalized spacial score (nSPS) is 43.0. The Hall–Kier alpha value is -1.01. The highest BCUT2D eigenvalue weighted by atomic mass is 16.7. The molecule has 258 valence electrons. The molecule has 1 unspecified atom stereocenters. The maximum atomic E-state index is 12.8. The molecule has 1 saturated carbocycles. The molecule has 3 rings (SSSR count). The molecular formula is C26H51N5O13. The number of nitrogens with two attached hydrogens (primary N) is 4. The summed E-state index contributed by atoms with van der Waals surface area (Å²) >= 11 is 0. The number of ether oxygens (including phenoxy) is 4. The summed E-state index contributed by atoms with van der Waals surface area (Å²) in [4.78, 5) is 12.8. The summed E-state index contributed by atoms with van der Waals surface area (Å²) in [6.07, 6.45) is -15.2. The van der Waals surface area contributed by atoms with E-state index < -0.39 is 117 Å². The standard InChI is InChI=1S/C26H51N5O13/c27-2-1-14(35)15(36)4-10-3-12(28)24(22(40)23(10)43-26-21(39)19(30)20(38)18(9-33)42-26)44-25-13(29)5-16(37)17(41-25)7-31-6-11(34)8-32/h10-14,16-26,31-35,37-40H,1-9,27-30H2/t10-,11?,12-,13+,14-,16-,17+,18+,19-,20+,21+,22+,23-,24+,25+,26+/m0/s1. The molecule has 3 aliphatic rings. The molecule has 0 aromatic rings.